The molecule has 1 heterocycles. The fourth-order valence-corrected chi connectivity index (χ4v) is 1.33. The molecule has 0 saturated carbocycles. The van der Waals surface area contributed by atoms with Crippen molar-refractivity contribution in [3.63, 3.8) is 0 Å². The van der Waals surface area contributed by atoms with Crippen LogP contribution in [0.5, 0.6) is 0 Å². The summed E-state index contributed by atoms with van der Waals surface area (Å²) in [5.41, 5.74) is 0. The Morgan fingerprint density at radius 1 is 1.70 bits per heavy atom. The van der Waals surface area contributed by atoms with E-state index in [1.54, 1.807) is 13.1 Å². The molecule has 1 rings (SSSR count). The summed E-state index contributed by atoms with van der Waals surface area (Å²) in [5, 5.41) is 11.0. The highest BCUT2D eigenvalue weighted by Crippen LogP contribution is 2.08. The van der Waals surface area contributed by atoms with Crippen LogP contribution < -0.4 is 0 Å². The quantitative estimate of drug-likeness (QED) is 0.228. The van der Waals surface area contributed by atoms with Crippen molar-refractivity contribution in [3.05, 3.63) is 5.21 Å². The second-order valence-corrected chi connectivity index (χ2v) is 2.82. The molecule has 3 nitrogen and oxygen atoms in total. The maximum Gasteiger partial charge on any atom is 0.176 e. The first-order chi connectivity index (χ1) is 4.74. The van der Waals surface area contributed by atoms with Crippen LogP contribution >= 0.6 is 0 Å². The van der Waals surface area contributed by atoms with Gasteiger partial charge >= 0.3 is 0 Å². The number of rotatable bonds is 1. The molecule has 0 spiro atoms. The zero-order valence-corrected chi connectivity index (χ0v) is 6.58. The van der Waals surface area contributed by atoms with Crippen LogP contribution in [0.2, 0.25) is 0 Å². The smallest absolute Gasteiger partial charge is 0.176 e. The van der Waals surface area contributed by atoms with Crippen LogP contribution in [0.25, 0.3) is 0 Å². The predicted octanol–water partition coefficient (Wildman–Crippen LogP) is 0.292. The van der Waals surface area contributed by atoms with E-state index in [2.05, 4.69) is 4.90 Å². The largest absolute Gasteiger partial charge is 0.624 e. The van der Waals surface area contributed by atoms with Gasteiger partial charge in [0.1, 0.15) is 6.21 Å². The molecule has 1 saturated heterocycles. The number of likely N-dealkylation sites (N-methyl/N-ethyl adjacent to an activating group) is 1. The van der Waals surface area contributed by atoms with E-state index in [1.165, 1.54) is 0 Å². The lowest BCUT2D eigenvalue weighted by atomic mass is 10.3. The van der Waals surface area contributed by atoms with Gasteiger partial charge < -0.3 is 5.21 Å². The molecule has 3 heteroatoms. The molecule has 1 aliphatic heterocycles. The summed E-state index contributed by atoms with van der Waals surface area (Å²) in [6, 6.07) is 0.204. The number of nitrogens with zero attached hydrogens (tertiary/aromatic N) is 2. The molecular formula is C7H14N2O. The average molecular weight is 142 g/mol. The van der Waals surface area contributed by atoms with Gasteiger partial charge in [-0.2, -0.15) is 0 Å². The van der Waals surface area contributed by atoms with Crippen LogP contribution in [-0.2, 0) is 0 Å². The zero-order chi connectivity index (χ0) is 7.56. The molecule has 0 N–H and O–H groups in total. The summed E-state index contributed by atoms with van der Waals surface area (Å²) in [6.07, 6.45) is 2.61. The third kappa shape index (κ3) is 1.48. The van der Waals surface area contributed by atoms with Gasteiger partial charge in [-0.25, -0.2) is 4.74 Å². The molecule has 1 unspecified atom stereocenters. The highest BCUT2D eigenvalue weighted by Gasteiger charge is 2.24. The Balaban J connectivity index is 2.45. The first-order valence-corrected chi connectivity index (χ1v) is 3.67. The SMILES string of the molecule is C/C=[N+](\[O-])C1CCN(C)C1. The Bertz CT molecular complexity index is 145. The molecule has 10 heavy (non-hydrogen) atoms. The highest BCUT2D eigenvalue weighted by molar-refractivity contribution is 5.46. The van der Waals surface area contributed by atoms with Gasteiger partial charge in [0.15, 0.2) is 6.04 Å². The second kappa shape index (κ2) is 3.01. The summed E-state index contributed by atoms with van der Waals surface area (Å²) in [5.74, 6) is 0. The zero-order valence-electron chi connectivity index (χ0n) is 6.58. The van der Waals surface area contributed by atoms with E-state index in [-0.39, 0.29) is 6.04 Å². The average Bonchev–Trinajstić information content (AvgIpc) is 2.34. The standard InChI is InChI=1S/C7H14N2O/c1-3-9(10)7-4-5-8(2)6-7/h3,7H,4-6H2,1-2H3/b9-3-. The number of likely N-dealkylation sites (tertiary alicyclic amines) is 1. The number of hydroxylamine groups is 1. The summed E-state index contributed by atoms with van der Waals surface area (Å²) in [7, 11) is 2.05. The van der Waals surface area contributed by atoms with E-state index in [0.717, 1.165) is 24.2 Å². The van der Waals surface area contributed by atoms with Crippen LogP contribution in [0.3, 0.4) is 0 Å². The van der Waals surface area contributed by atoms with Crippen molar-refractivity contribution in [3.8, 4) is 0 Å². The Kier molecular flexibility index (Phi) is 2.27. The molecule has 0 aromatic rings. The van der Waals surface area contributed by atoms with Crippen molar-refractivity contribution >= 4 is 6.21 Å². The maximum absolute atomic E-state index is 11.0. The van der Waals surface area contributed by atoms with E-state index in [0.29, 0.717) is 0 Å². The molecular weight excluding hydrogens is 128 g/mol. The molecule has 58 valence electrons. The van der Waals surface area contributed by atoms with Crippen molar-refractivity contribution in [1.29, 1.82) is 0 Å². The third-order valence-electron chi connectivity index (χ3n) is 1.98. The fourth-order valence-electron chi connectivity index (χ4n) is 1.33. The summed E-state index contributed by atoms with van der Waals surface area (Å²) in [4.78, 5) is 2.18. The van der Waals surface area contributed by atoms with Crippen LogP contribution in [0.4, 0.5) is 0 Å². The van der Waals surface area contributed by atoms with E-state index in [4.69, 9.17) is 0 Å². The first kappa shape index (κ1) is 7.54. The van der Waals surface area contributed by atoms with Crippen LogP contribution in [0.1, 0.15) is 13.3 Å². The number of hydrogen-bond acceptors (Lipinski definition) is 2. The number of hydrogen-bond donors (Lipinski definition) is 0. The summed E-state index contributed by atoms with van der Waals surface area (Å²) in [6.45, 7) is 3.75. The van der Waals surface area contributed by atoms with E-state index in [9.17, 15) is 5.21 Å². The molecule has 0 aromatic carbocycles. The van der Waals surface area contributed by atoms with E-state index < -0.39 is 0 Å². The normalized spacial score (nSPS) is 29.4. The monoisotopic (exact) mass is 142 g/mol. The molecule has 0 bridgehead atoms. The van der Waals surface area contributed by atoms with Crippen LogP contribution in [0.15, 0.2) is 0 Å². The van der Waals surface area contributed by atoms with Crippen molar-refractivity contribution in [2.45, 2.75) is 19.4 Å². The Morgan fingerprint density at radius 2 is 2.40 bits per heavy atom. The minimum atomic E-state index is 0.204. The molecule has 1 aliphatic rings. The van der Waals surface area contributed by atoms with Gasteiger partial charge in [-0.1, -0.05) is 0 Å². The minimum absolute atomic E-state index is 0.204. The highest BCUT2D eigenvalue weighted by atomic mass is 16.5. The minimum Gasteiger partial charge on any atom is -0.624 e. The van der Waals surface area contributed by atoms with Crippen molar-refractivity contribution < 1.29 is 4.74 Å². The first-order valence-electron chi connectivity index (χ1n) is 3.67. The molecule has 1 fully saturated rings. The van der Waals surface area contributed by atoms with Gasteiger partial charge in [0.25, 0.3) is 0 Å². The summed E-state index contributed by atoms with van der Waals surface area (Å²) < 4.78 is 1.06. The Morgan fingerprint density at radius 3 is 2.80 bits per heavy atom. The van der Waals surface area contributed by atoms with E-state index >= 15 is 0 Å². The fraction of sp³-hybridized carbons (Fsp3) is 0.857. The van der Waals surface area contributed by atoms with Gasteiger partial charge in [0.05, 0.1) is 6.54 Å². The topological polar surface area (TPSA) is 29.3 Å². The lowest BCUT2D eigenvalue weighted by molar-refractivity contribution is -0.492. The van der Waals surface area contributed by atoms with Crippen molar-refractivity contribution in [2.75, 3.05) is 20.1 Å². The van der Waals surface area contributed by atoms with Crippen molar-refractivity contribution in [2.24, 2.45) is 0 Å². The van der Waals surface area contributed by atoms with Gasteiger partial charge in [0.2, 0.25) is 0 Å². The van der Waals surface area contributed by atoms with E-state index in [1.807, 2.05) is 7.05 Å². The Labute approximate surface area is 61.5 Å². The third-order valence-corrected chi connectivity index (χ3v) is 1.98. The van der Waals surface area contributed by atoms with Crippen LogP contribution in [0, 0.1) is 5.21 Å². The second-order valence-electron chi connectivity index (χ2n) is 2.82. The predicted molar refractivity (Wildman–Crippen MR) is 41.3 cm³/mol. The molecule has 0 aromatic heterocycles. The van der Waals surface area contributed by atoms with Gasteiger partial charge in [-0.15, -0.1) is 0 Å². The summed E-state index contributed by atoms with van der Waals surface area (Å²) >= 11 is 0. The van der Waals surface area contributed by atoms with Gasteiger partial charge in [-0.05, 0) is 7.05 Å². The molecule has 0 radical (unpaired) electrons. The lowest BCUT2D eigenvalue weighted by Crippen LogP contribution is -2.25. The lowest BCUT2D eigenvalue weighted by Gasteiger charge is -2.10. The molecule has 1 atom stereocenters. The molecule has 0 amide bonds. The van der Waals surface area contributed by atoms with Crippen LogP contribution in [-0.4, -0.2) is 42.0 Å². The molecule has 0 aliphatic carbocycles. The van der Waals surface area contributed by atoms with Crippen molar-refractivity contribution in [1.82, 2.24) is 4.90 Å². The maximum atomic E-state index is 11.0. The van der Waals surface area contributed by atoms with Gasteiger partial charge in [-0.3, -0.25) is 4.90 Å². The Hall–Kier alpha value is -0.570. The van der Waals surface area contributed by atoms with Gasteiger partial charge in [0, 0.05) is 19.9 Å².